The Morgan fingerprint density at radius 1 is 1.17 bits per heavy atom. The van der Waals surface area contributed by atoms with Crippen molar-refractivity contribution in [3.8, 4) is 0 Å². The number of nitrogens with zero attached hydrogens (tertiary/aromatic N) is 3. The number of nitrogens with two attached hydrogens (primary N) is 2. The number of nitrogen functional groups attached to an aromatic ring is 2. The first-order valence-corrected chi connectivity index (χ1v) is 7.20. The number of hydrogen-bond acceptors (Lipinski definition) is 6. The lowest BCUT2D eigenvalue weighted by Crippen LogP contribution is -1.99. The molecule has 2 heterocycles. The molecule has 0 fully saturated rings. The van der Waals surface area contributed by atoms with Crippen molar-refractivity contribution in [1.29, 1.82) is 0 Å². The average Bonchev–Trinajstić information content (AvgIpc) is 2.32. The quantitative estimate of drug-likeness (QED) is 0.735. The summed E-state index contributed by atoms with van der Waals surface area (Å²) in [4.78, 5) is 12.8. The molecule has 0 aromatic carbocycles. The normalized spacial score (nSPS) is 10.6. The third kappa shape index (κ3) is 2.90. The Morgan fingerprint density at radius 2 is 1.89 bits per heavy atom. The van der Waals surface area contributed by atoms with E-state index in [1.165, 1.54) is 11.8 Å². The van der Waals surface area contributed by atoms with E-state index in [0.29, 0.717) is 18.6 Å². The number of halogens is 3. The fourth-order valence-electron chi connectivity index (χ4n) is 1.09. The van der Waals surface area contributed by atoms with Crippen LogP contribution in [-0.2, 0) is 0 Å². The van der Waals surface area contributed by atoms with Crippen molar-refractivity contribution in [3.05, 3.63) is 26.1 Å². The second-order valence-electron chi connectivity index (χ2n) is 3.11. The van der Waals surface area contributed by atoms with Gasteiger partial charge in [-0.05, 0) is 28.7 Å². The largest absolute Gasteiger partial charge is 0.382 e. The van der Waals surface area contributed by atoms with E-state index in [9.17, 15) is 0 Å². The molecule has 0 amide bonds. The van der Waals surface area contributed by atoms with Crippen molar-refractivity contribution in [2.75, 3.05) is 11.5 Å². The van der Waals surface area contributed by atoms with Gasteiger partial charge in [0.05, 0.1) is 5.02 Å². The zero-order valence-corrected chi connectivity index (χ0v) is 13.2. The zero-order chi connectivity index (χ0) is 13.3. The number of aromatic nitrogens is 3. The summed E-state index contributed by atoms with van der Waals surface area (Å²) in [5.41, 5.74) is 11.4. The van der Waals surface area contributed by atoms with Crippen molar-refractivity contribution in [3.63, 3.8) is 0 Å². The lowest BCUT2D eigenvalue weighted by atomic mass is 10.5. The molecule has 4 N–H and O–H groups in total. The van der Waals surface area contributed by atoms with Crippen LogP contribution in [0, 0.1) is 3.70 Å². The fraction of sp³-hybridized carbons (Fsp3) is 0. The van der Waals surface area contributed by atoms with Crippen molar-refractivity contribution in [2.45, 2.75) is 9.92 Å². The molecular weight excluding hydrogens is 408 g/mol. The van der Waals surface area contributed by atoms with Crippen LogP contribution in [0.15, 0.2) is 22.2 Å². The van der Waals surface area contributed by atoms with Gasteiger partial charge in [-0.15, -0.1) is 0 Å². The van der Waals surface area contributed by atoms with Crippen LogP contribution in [0.3, 0.4) is 0 Å². The van der Waals surface area contributed by atoms with Gasteiger partial charge in [-0.2, -0.15) is 0 Å². The lowest BCUT2D eigenvalue weighted by molar-refractivity contribution is 1.04. The maximum Gasteiger partial charge on any atom is 0.163 e. The van der Waals surface area contributed by atoms with E-state index < -0.39 is 0 Å². The molecule has 0 radical (unpaired) electrons. The maximum atomic E-state index is 6.04. The highest BCUT2D eigenvalue weighted by Crippen LogP contribution is 2.37. The molecule has 0 atom stereocenters. The monoisotopic (exact) mass is 413 g/mol. The molecule has 94 valence electrons. The highest BCUT2D eigenvalue weighted by atomic mass is 127. The molecule has 2 aromatic heterocycles. The summed E-state index contributed by atoms with van der Waals surface area (Å²) in [5.74, 6) is 0.508. The van der Waals surface area contributed by atoms with Crippen molar-refractivity contribution in [2.24, 2.45) is 0 Å². The summed E-state index contributed by atoms with van der Waals surface area (Å²) in [5, 5.41) is 1.17. The molecule has 0 bridgehead atoms. The first-order chi connectivity index (χ1) is 8.49. The Labute approximate surface area is 131 Å². The fourth-order valence-corrected chi connectivity index (χ4v) is 2.80. The summed E-state index contributed by atoms with van der Waals surface area (Å²) < 4.78 is 0.573. The van der Waals surface area contributed by atoms with Gasteiger partial charge in [-0.25, -0.2) is 15.0 Å². The van der Waals surface area contributed by atoms with E-state index >= 15 is 0 Å². The van der Waals surface area contributed by atoms with E-state index in [0.717, 1.165) is 0 Å². The average molecular weight is 414 g/mol. The van der Waals surface area contributed by atoms with Gasteiger partial charge in [0.25, 0.3) is 0 Å². The first-order valence-electron chi connectivity index (χ1n) is 4.55. The van der Waals surface area contributed by atoms with Crippen LogP contribution in [0.4, 0.5) is 11.6 Å². The highest BCUT2D eigenvalue weighted by molar-refractivity contribution is 14.1. The van der Waals surface area contributed by atoms with Crippen LogP contribution in [0.1, 0.15) is 0 Å². The highest BCUT2D eigenvalue weighted by Gasteiger charge is 2.13. The predicted octanol–water partition coefficient (Wildman–Crippen LogP) is 3.10. The minimum atomic E-state index is 0.247. The van der Waals surface area contributed by atoms with E-state index in [-0.39, 0.29) is 16.8 Å². The van der Waals surface area contributed by atoms with Crippen LogP contribution in [0.5, 0.6) is 0 Å². The summed E-state index contributed by atoms with van der Waals surface area (Å²) >= 11 is 15.1. The Hall–Kier alpha value is -0.510. The van der Waals surface area contributed by atoms with Gasteiger partial charge in [0.1, 0.15) is 14.5 Å². The Balaban J connectivity index is 2.40. The third-order valence-corrected chi connectivity index (χ3v) is 4.79. The van der Waals surface area contributed by atoms with Crippen LogP contribution >= 0.6 is 57.6 Å². The summed E-state index contributed by atoms with van der Waals surface area (Å²) in [6, 6.07) is 1.73. The molecular formula is C9H6Cl2IN5S. The van der Waals surface area contributed by atoms with E-state index in [1.54, 1.807) is 12.3 Å². The van der Waals surface area contributed by atoms with E-state index in [4.69, 9.17) is 34.7 Å². The van der Waals surface area contributed by atoms with Gasteiger partial charge in [-0.3, -0.25) is 0 Å². The summed E-state index contributed by atoms with van der Waals surface area (Å²) in [6.07, 6.45) is 1.56. The molecule has 0 saturated heterocycles. The van der Waals surface area contributed by atoms with Gasteiger partial charge in [0, 0.05) is 11.1 Å². The maximum absolute atomic E-state index is 6.04. The van der Waals surface area contributed by atoms with Gasteiger partial charge >= 0.3 is 0 Å². The minimum Gasteiger partial charge on any atom is -0.382 e. The van der Waals surface area contributed by atoms with E-state index in [1.807, 2.05) is 22.6 Å². The van der Waals surface area contributed by atoms with Crippen LogP contribution in [0.2, 0.25) is 10.2 Å². The van der Waals surface area contributed by atoms with Gasteiger partial charge in [0.15, 0.2) is 11.0 Å². The smallest absolute Gasteiger partial charge is 0.163 e. The Bertz CT molecular complexity index is 610. The molecule has 0 aliphatic heterocycles. The molecule has 18 heavy (non-hydrogen) atoms. The molecule has 0 unspecified atom stereocenters. The number of hydrogen-bond donors (Lipinski definition) is 2. The Morgan fingerprint density at radius 3 is 2.61 bits per heavy atom. The molecule has 0 spiro atoms. The van der Waals surface area contributed by atoms with Crippen LogP contribution in [-0.4, -0.2) is 15.0 Å². The molecule has 0 aliphatic carbocycles. The lowest BCUT2D eigenvalue weighted by Gasteiger charge is -2.07. The predicted molar refractivity (Wildman–Crippen MR) is 82.0 cm³/mol. The van der Waals surface area contributed by atoms with Crippen LogP contribution in [0.25, 0.3) is 0 Å². The molecule has 0 aliphatic rings. The van der Waals surface area contributed by atoms with Gasteiger partial charge in [0.2, 0.25) is 0 Å². The summed E-state index contributed by atoms with van der Waals surface area (Å²) in [6.45, 7) is 0. The molecule has 5 nitrogen and oxygen atoms in total. The first kappa shape index (κ1) is 13.9. The number of anilines is 2. The third-order valence-electron chi connectivity index (χ3n) is 1.90. The standard InChI is InChI=1S/C9H6Cl2IN5S/c10-4-3(1-2-15-7(4)13)18-9-8(14)16-5(11)6(12)17-9/h1-2H,(H2,13,15)(H2,14,16). The van der Waals surface area contributed by atoms with Crippen molar-refractivity contribution >= 4 is 69.2 Å². The second-order valence-corrected chi connectivity index (χ2v) is 5.89. The van der Waals surface area contributed by atoms with Crippen molar-refractivity contribution in [1.82, 2.24) is 15.0 Å². The topological polar surface area (TPSA) is 90.7 Å². The summed E-state index contributed by atoms with van der Waals surface area (Å²) in [7, 11) is 0. The SMILES string of the molecule is Nc1nc(Cl)c(I)nc1Sc1ccnc(N)c1Cl. The zero-order valence-electron chi connectivity index (χ0n) is 8.69. The van der Waals surface area contributed by atoms with Gasteiger partial charge in [-0.1, -0.05) is 35.0 Å². The van der Waals surface area contributed by atoms with Crippen LogP contribution < -0.4 is 11.5 Å². The second kappa shape index (κ2) is 5.64. The Kier molecular flexibility index (Phi) is 4.36. The van der Waals surface area contributed by atoms with Crippen molar-refractivity contribution < 1.29 is 0 Å². The number of pyridine rings is 1. The van der Waals surface area contributed by atoms with E-state index in [2.05, 4.69) is 15.0 Å². The molecule has 2 aromatic rings. The number of rotatable bonds is 2. The molecule has 9 heteroatoms. The molecule has 0 saturated carbocycles. The minimum absolute atomic E-state index is 0.247. The van der Waals surface area contributed by atoms with Gasteiger partial charge < -0.3 is 11.5 Å². The molecule has 2 rings (SSSR count).